The third kappa shape index (κ3) is 6.41. The van der Waals surface area contributed by atoms with Gasteiger partial charge in [0.25, 0.3) is 0 Å². The van der Waals surface area contributed by atoms with Crippen LogP contribution < -0.4 is 0 Å². The van der Waals surface area contributed by atoms with Gasteiger partial charge in [-0.3, -0.25) is 0 Å². The van der Waals surface area contributed by atoms with Crippen molar-refractivity contribution in [1.82, 2.24) is 0 Å². The number of hydrogen-bond acceptors (Lipinski definition) is 1. The molecule has 0 aliphatic carbocycles. The molecule has 0 aromatic heterocycles. The summed E-state index contributed by atoms with van der Waals surface area (Å²) in [7, 11) is 0. The number of hydrogen-bond donors (Lipinski definition) is 0. The minimum absolute atomic E-state index is 0.819. The molecule has 0 fully saturated rings. The van der Waals surface area contributed by atoms with E-state index in [1.54, 1.807) is 0 Å². The van der Waals surface area contributed by atoms with Crippen LogP contribution in [0.4, 0.5) is 0 Å². The monoisotopic (exact) mass is 116 g/mol. The molecule has 0 spiro atoms. The molecule has 0 radical (unpaired) electrons. The average molecular weight is 116 g/mol. The first kappa shape index (κ1) is 7.41. The van der Waals surface area contributed by atoms with Crippen LogP contribution in [0.15, 0.2) is 0 Å². The summed E-state index contributed by atoms with van der Waals surface area (Å²) in [6.45, 7) is 6.69. The molecule has 0 heterocycles. The maximum atomic E-state index is 2.24. The fraction of sp³-hybridized carbons (Fsp3) is 1.00. The van der Waals surface area contributed by atoms with Gasteiger partial charge in [0.2, 0.25) is 5.99 Å². The Bertz CT molecular complexity index is 37.1. The highest BCUT2D eigenvalue weighted by atomic mass is 32.2. The molecule has 0 nitrogen and oxygen atoms in total. The van der Waals surface area contributed by atoms with Crippen molar-refractivity contribution in [3.8, 4) is 0 Å². The van der Waals surface area contributed by atoms with Gasteiger partial charge in [-0.1, -0.05) is 20.6 Å². The minimum atomic E-state index is 0.819. The van der Waals surface area contributed by atoms with E-state index < -0.39 is 0 Å². The second-order valence-corrected chi connectivity index (χ2v) is 3.60. The van der Waals surface area contributed by atoms with Gasteiger partial charge < -0.3 is 0 Å². The first-order valence-corrected chi connectivity index (χ1v) is 3.93. The lowest BCUT2D eigenvalue weighted by molar-refractivity contribution is 1.11. The van der Waals surface area contributed by atoms with Gasteiger partial charge in [-0.25, -0.2) is 11.6 Å². The molecule has 0 amide bonds. The van der Waals surface area contributed by atoms with Crippen molar-refractivity contribution in [3.05, 3.63) is 0 Å². The molecule has 2 heteroatoms. The van der Waals surface area contributed by atoms with Crippen LogP contribution in [0.25, 0.3) is 0 Å². The molecule has 7 heavy (non-hydrogen) atoms. The van der Waals surface area contributed by atoms with E-state index in [2.05, 4.69) is 20.6 Å². The van der Waals surface area contributed by atoms with Crippen molar-refractivity contribution < 1.29 is 0 Å². The van der Waals surface area contributed by atoms with Crippen molar-refractivity contribution in [2.24, 2.45) is 0 Å². The lowest BCUT2D eigenvalue weighted by Gasteiger charge is -1.95. The highest BCUT2D eigenvalue weighted by molar-refractivity contribution is 8.25. The normalized spacial score (nSPS) is 9.00. The van der Waals surface area contributed by atoms with E-state index >= 15 is 0 Å². The lowest BCUT2D eigenvalue weighted by Crippen LogP contribution is -1.92. The zero-order valence-corrected chi connectivity index (χ0v) is 6.22. The highest BCUT2D eigenvalue weighted by Gasteiger charge is 1.94. The van der Waals surface area contributed by atoms with Gasteiger partial charge in [-0.2, -0.15) is 0 Å². The summed E-state index contributed by atoms with van der Waals surface area (Å²) < 4.78 is 0. The van der Waals surface area contributed by atoms with E-state index in [0.29, 0.717) is 0 Å². The minimum Gasteiger partial charge on any atom is -0.211 e. The largest absolute Gasteiger partial charge is 0.211 e. The van der Waals surface area contributed by atoms with Crippen LogP contribution in [0.1, 0.15) is 13.3 Å². The second-order valence-electron chi connectivity index (χ2n) is 1.92. The smallest absolute Gasteiger partial charge is 0.203 e. The second kappa shape index (κ2) is 4.57. The van der Waals surface area contributed by atoms with Crippen LogP contribution in [-0.4, -0.2) is 11.7 Å². The SMILES string of the molecule is CCCSB(C)C. The van der Waals surface area contributed by atoms with Crippen LogP contribution in [0, 0.1) is 0 Å². The topological polar surface area (TPSA) is 0 Å². The molecule has 0 aliphatic heterocycles. The standard InChI is InChI=1S/C5H13BS/c1-4-5-7-6(2)3/h4-5H2,1-3H3. The Labute approximate surface area is 51.0 Å². The molecular weight excluding hydrogens is 103 g/mol. The molecule has 0 aromatic carbocycles. The van der Waals surface area contributed by atoms with Crippen LogP contribution in [0.5, 0.6) is 0 Å². The quantitative estimate of drug-likeness (QED) is 0.510. The molecule has 0 bridgehead atoms. The third-order valence-corrected chi connectivity index (χ3v) is 1.97. The van der Waals surface area contributed by atoms with Crippen LogP contribution in [-0.2, 0) is 0 Å². The van der Waals surface area contributed by atoms with Gasteiger partial charge in [0, 0.05) is 0 Å². The van der Waals surface area contributed by atoms with Crippen molar-refractivity contribution in [3.63, 3.8) is 0 Å². The summed E-state index contributed by atoms with van der Waals surface area (Å²) in [6.07, 6.45) is 1.31. The molecule has 0 N–H and O–H groups in total. The third-order valence-electron chi connectivity index (χ3n) is 0.655. The zero-order valence-electron chi connectivity index (χ0n) is 5.40. The van der Waals surface area contributed by atoms with E-state index in [1.807, 2.05) is 11.6 Å². The summed E-state index contributed by atoms with van der Waals surface area (Å²) in [6, 6.07) is 0. The van der Waals surface area contributed by atoms with Crippen LogP contribution >= 0.6 is 11.6 Å². The summed E-state index contributed by atoms with van der Waals surface area (Å²) in [5.74, 6) is 2.14. The first-order valence-electron chi connectivity index (χ1n) is 2.89. The van der Waals surface area contributed by atoms with Gasteiger partial charge >= 0.3 is 0 Å². The molecule has 0 saturated heterocycles. The fourth-order valence-electron chi connectivity index (χ4n) is 0.354. The van der Waals surface area contributed by atoms with E-state index in [1.165, 1.54) is 12.2 Å². The maximum Gasteiger partial charge on any atom is 0.203 e. The Kier molecular flexibility index (Phi) is 4.84. The maximum absolute atomic E-state index is 2.24. The zero-order chi connectivity index (χ0) is 5.70. The summed E-state index contributed by atoms with van der Waals surface area (Å²) in [5, 5.41) is 0. The summed E-state index contributed by atoms with van der Waals surface area (Å²) >= 11 is 2.03. The summed E-state index contributed by atoms with van der Waals surface area (Å²) in [5.41, 5.74) is 0. The van der Waals surface area contributed by atoms with E-state index in [0.717, 1.165) is 5.99 Å². The predicted octanol–water partition coefficient (Wildman–Crippen LogP) is 2.38. The highest BCUT2D eigenvalue weighted by Crippen LogP contribution is 2.05. The fourth-order valence-corrected chi connectivity index (χ4v) is 1.06. The molecule has 0 aromatic rings. The molecule has 0 aliphatic rings. The van der Waals surface area contributed by atoms with Crippen molar-refractivity contribution in [1.29, 1.82) is 0 Å². The Balaban J connectivity index is 2.68. The van der Waals surface area contributed by atoms with Crippen LogP contribution in [0.3, 0.4) is 0 Å². The van der Waals surface area contributed by atoms with Gasteiger partial charge in [0.1, 0.15) is 0 Å². The summed E-state index contributed by atoms with van der Waals surface area (Å²) in [4.78, 5) is 0. The molecule has 0 unspecified atom stereocenters. The Morgan fingerprint density at radius 2 is 2.00 bits per heavy atom. The molecule has 0 atom stereocenters. The van der Waals surface area contributed by atoms with Gasteiger partial charge in [-0.15, -0.1) is 0 Å². The van der Waals surface area contributed by atoms with Crippen molar-refractivity contribution >= 4 is 17.6 Å². The predicted molar refractivity (Wildman–Crippen MR) is 40.2 cm³/mol. The average Bonchev–Trinajstić information content (AvgIpc) is 1.61. The van der Waals surface area contributed by atoms with Gasteiger partial charge in [0.05, 0.1) is 0 Å². The first-order chi connectivity index (χ1) is 3.27. The molecule has 0 rings (SSSR count). The van der Waals surface area contributed by atoms with E-state index in [-0.39, 0.29) is 0 Å². The van der Waals surface area contributed by atoms with Gasteiger partial charge in [-0.05, 0) is 12.2 Å². The Morgan fingerprint density at radius 1 is 1.43 bits per heavy atom. The van der Waals surface area contributed by atoms with E-state index in [4.69, 9.17) is 0 Å². The Hall–Kier alpha value is 0.415. The van der Waals surface area contributed by atoms with Gasteiger partial charge in [0.15, 0.2) is 0 Å². The molecule has 0 saturated carbocycles. The van der Waals surface area contributed by atoms with Crippen molar-refractivity contribution in [2.75, 3.05) is 5.75 Å². The Morgan fingerprint density at radius 3 is 2.14 bits per heavy atom. The van der Waals surface area contributed by atoms with E-state index in [9.17, 15) is 0 Å². The number of rotatable bonds is 3. The molecule has 42 valence electrons. The van der Waals surface area contributed by atoms with Crippen LogP contribution in [0.2, 0.25) is 13.6 Å². The molecular formula is C5H13BS. The van der Waals surface area contributed by atoms with Crippen molar-refractivity contribution in [2.45, 2.75) is 27.0 Å². The lowest BCUT2D eigenvalue weighted by atomic mass is 9.84.